The molecule has 0 aliphatic heterocycles. The van der Waals surface area contributed by atoms with Crippen LogP contribution >= 0.6 is 27.5 Å². The number of methoxy groups -OCH3 is 1. The third-order valence-electron chi connectivity index (χ3n) is 5.59. The first-order valence-corrected chi connectivity index (χ1v) is 12.2. The van der Waals surface area contributed by atoms with Gasteiger partial charge in [-0.15, -0.1) is 0 Å². The predicted octanol–water partition coefficient (Wildman–Crippen LogP) is 7.35. The second-order valence-corrected chi connectivity index (χ2v) is 9.24. The Morgan fingerprint density at radius 1 is 1.06 bits per heavy atom. The molecule has 5 rings (SSSR count). The number of benzene rings is 4. The lowest BCUT2D eigenvalue weighted by molar-refractivity contribution is 0.0929. The maximum atomic E-state index is 12.4. The van der Waals surface area contributed by atoms with Gasteiger partial charge in [-0.2, -0.15) is 5.10 Å². The number of carbonyl (C=O) groups is 1. The molecule has 4 aromatic carbocycles. The number of hydrogen-bond donors (Lipinski definition) is 1. The number of nitrogens with zero attached hydrogens (tertiary/aromatic N) is 1. The number of amides is 1. The van der Waals surface area contributed by atoms with Gasteiger partial charge in [0.05, 0.1) is 17.8 Å². The molecule has 0 saturated heterocycles. The number of hydrazone groups is 1. The van der Waals surface area contributed by atoms with Crippen molar-refractivity contribution in [3.63, 3.8) is 0 Å². The molecule has 0 bridgehead atoms. The van der Waals surface area contributed by atoms with Crippen LogP contribution in [0.4, 0.5) is 0 Å². The molecule has 0 aliphatic rings. The molecule has 8 heteroatoms. The van der Waals surface area contributed by atoms with E-state index in [1.54, 1.807) is 37.4 Å². The van der Waals surface area contributed by atoms with E-state index < -0.39 is 5.91 Å². The van der Waals surface area contributed by atoms with Crippen molar-refractivity contribution in [3.8, 4) is 11.5 Å². The Balaban J connectivity index is 1.29. The van der Waals surface area contributed by atoms with Gasteiger partial charge >= 0.3 is 5.91 Å². The van der Waals surface area contributed by atoms with Gasteiger partial charge in [-0.05, 0) is 74.2 Å². The average Bonchev–Trinajstić information content (AvgIpc) is 3.31. The summed E-state index contributed by atoms with van der Waals surface area (Å²) in [5, 5.41) is 7.66. The van der Waals surface area contributed by atoms with Crippen LogP contribution < -0.4 is 14.9 Å². The quantitative estimate of drug-likeness (QED) is 0.166. The fourth-order valence-corrected chi connectivity index (χ4v) is 4.62. The van der Waals surface area contributed by atoms with Crippen molar-refractivity contribution < 1.29 is 18.7 Å². The monoisotopic (exact) mass is 562 g/mol. The smallest absolute Gasteiger partial charge is 0.307 e. The Bertz CT molecular complexity index is 1610. The van der Waals surface area contributed by atoms with Crippen molar-refractivity contribution in [2.24, 2.45) is 5.10 Å². The standard InChI is InChI=1S/C28H20BrClN2O4/c1-34-25-12-17(15-31-32-28(33)26-14-20-13-21(30)9-10-24(20)36-26)11-23(29)27(25)35-16-19-7-4-6-18-5-2-3-8-22(18)19/h2-15H,16H2,1H3,(H,32,33)/b31-15-. The number of nitrogens with one attached hydrogen (secondary N) is 1. The van der Waals surface area contributed by atoms with Crippen LogP contribution in [0.5, 0.6) is 11.5 Å². The molecule has 180 valence electrons. The molecule has 36 heavy (non-hydrogen) atoms. The number of fused-ring (bicyclic) bond motifs is 2. The number of furan rings is 1. The molecule has 1 N–H and O–H groups in total. The highest BCUT2D eigenvalue weighted by Gasteiger charge is 2.14. The lowest BCUT2D eigenvalue weighted by Gasteiger charge is -2.14. The number of halogens is 2. The lowest BCUT2D eigenvalue weighted by atomic mass is 10.1. The first-order valence-electron chi connectivity index (χ1n) is 11.0. The van der Waals surface area contributed by atoms with Crippen LogP contribution in [0.15, 0.2) is 92.9 Å². The minimum Gasteiger partial charge on any atom is -0.493 e. The summed E-state index contributed by atoms with van der Waals surface area (Å²) in [6, 6.07) is 24.7. The molecule has 0 unspecified atom stereocenters. The highest BCUT2D eigenvalue weighted by atomic mass is 79.9. The van der Waals surface area contributed by atoms with E-state index in [-0.39, 0.29) is 5.76 Å². The van der Waals surface area contributed by atoms with Gasteiger partial charge in [0.2, 0.25) is 0 Å². The van der Waals surface area contributed by atoms with Crippen LogP contribution in [-0.2, 0) is 6.61 Å². The zero-order chi connectivity index (χ0) is 25.1. The van der Waals surface area contributed by atoms with Gasteiger partial charge < -0.3 is 13.9 Å². The third-order valence-corrected chi connectivity index (χ3v) is 6.41. The molecule has 0 spiro atoms. The second kappa shape index (κ2) is 10.4. The Labute approximate surface area is 220 Å². The van der Waals surface area contributed by atoms with E-state index in [4.69, 9.17) is 25.5 Å². The minimum atomic E-state index is -0.473. The average molecular weight is 564 g/mol. The predicted molar refractivity (Wildman–Crippen MR) is 145 cm³/mol. The molecule has 5 aromatic rings. The largest absolute Gasteiger partial charge is 0.493 e. The van der Waals surface area contributed by atoms with E-state index in [1.807, 2.05) is 30.3 Å². The maximum Gasteiger partial charge on any atom is 0.307 e. The topological polar surface area (TPSA) is 73.1 Å². The van der Waals surface area contributed by atoms with Crippen LogP contribution in [0.1, 0.15) is 21.7 Å². The highest BCUT2D eigenvalue weighted by molar-refractivity contribution is 9.10. The molecule has 0 aliphatic carbocycles. The zero-order valence-corrected chi connectivity index (χ0v) is 21.5. The normalized spacial score (nSPS) is 11.3. The molecule has 0 fully saturated rings. The molecule has 0 saturated carbocycles. The van der Waals surface area contributed by atoms with Gasteiger partial charge in [0.1, 0.15) is 12.2 Å². The van der Waals surface area contributed by atoms with Crippen LogP contribution in [0.3, 0.4) is 0 Å². The van der Waals surface area contributed by atoms with E-state index in [0.717, 1.165) is 21.7 Å². The molecule has 1 amide bonds. The Kier molecular flexibility index (Phi) is 6.93. The van der Waals surface area contributed by atoms with Gasteiger partial charge in [-0.3, -0.25) is 4.79 Å². The Morgan fingerprint density at radius 3 is 2.75 bits per heavy atom. The molecule has 0 radical (unpaired) electrons. The molecular weight excluding hydrogens is 544 g/mol. The second-order valence-electron chi connectivity index (χ2n) is 7.95. The molecule has 1 aromatic heterocycles. The van der Waals surface area contributed by atoms with Crippen LogP contribution in [0.25, 0.3) is 21.7 Å². The van der Waals surface area contributed by atoms with E-state index in [9.17, 15) is 4.79 Å². The van der Waals surface area contributed by atoms with Crippen LogP contribution in [0, 0.1) is 0 Å². The third kappa shape index (κ3) is 5.08. The van der Waals surface area contributed by atoms with Gasteiger partial charge in [-0.1, -0.05) is 54.1 Å². The summed E-state index contributed by atoms with van der Waals surface area (Å²) in [6.45, 7) is 0.377. The van der Waals surface area contributed by atoms with Crippen LogP contribution in [0.2, 0.25) is 5.02 Å². The summed E-state index contributed by atoms with van der Waals surface area (Å²) < 4.78 is 17.9. The number of rotatable bonds is 7. The van der Waals surface area contributed by atoms with Gasteiger partial charge in [0.25, 0.3) is 0 Å². The summed E-state index contributed by atoms with van der Waals surface area (Å²) in [5.74, 6) is 0.777. The van der Waals surface area contributed by atoms with Crippen molar-refractivity contribution in [1.29, 1.82) is 0 Å². The molecule has 6 nitrogen and oxygen atoms in total. The van der Waals surface area contributed by atoms with Crippen molar-refractivity contribution >= 4 is 61.4 Å². The first-order chi connectivity index (χ1) is 17.5. The van der Waals surface area contributed by atoms with E-state index in [1.165, 1.54) is 6.21 Å². The number of carbonyl (C=O) groups excluding carboxylic acids is 1. The van der Waals surface area contributed by atoms with Gasteiger partial charge in [0.15, 0.2) is 17.3 Å². The van der Waals surface area contributed by atoms with E-state index in [0.29, 0.717) is 38.7 Å². The minimum absolute atomic E-state index is 0.139. The maximum absolute atomic E-state index is 12.4. The first kappa shape index (κ1) is 23.9. The van der Waals surface area contributed by atoms with Crippen molar-refractivity contribution in [2.45, 2.75) is 6.61 Å². The zero-order valence-electron chi connectivity index (χ0n) is 19.1. The molecular formula is C28H20BrClN2O4. The fraction of sp³-hybridized carbons (Fsp3) is 0.0714. The SMILES string of the molecule is COc1cc(/C=N\NC(=O)c2cc3cc(Cl)ccc3o2)cc(Br)c1OCc1cccc2ccccc12. The molecule has 1 heterocycles. The number of ether oxygens (including phenoxy) is 2. The van der Waals surface area contributed by atoms with E-state index >= 15 is 0 Å². The van der Waals surface area contributed by atoms with Gasteiger partial charge in [-0.25, -0.2) is 5.43 Å². The highest BCUT2D eigenvalue weighted by Crippen LogP contribution is 2.37. The summed E-state index contributed by atoms with van der Waals surface area (Å²) in [6.07, 6.45) is 1.51. The summed E-state index contributed by atoms with van der Waals surface area (Å²) in [7, 11) is 1.57. The summed E-state index contributed by atoms with van der Waals surface area (Å²) >= 11 is 9.56. The van der Waals surface area contributed by atoms with Crippen molar-refractivity contribution in [3.05, 3.63) is 105 Å². The van der Waals surface area contributed by atoms with Crippen molar-refractivity contribution in [2.75, 3.05) is 7.11 Å². The Hall–Kier alpha value is -3.81. The summed E-state index contributed by atoms with van der Waals surface area (Å²) in [5.41, 5.74) is 4.82. The van der Waals surface area contributed by atoms with Crippen LogP contribution in [-0.4, -0.2) is 19.2 Å². The molecule has 0 atom stereocenters. The van der Waals surface area contributed by atoms with Crippen molar-refractivity contribution in [1.82, 2.24) is 5.43 Å². The van der Waals surface area contributed by atoms with Gasteiger partial charge in [0, 0.05) is 10.4 Å². The summed E-state index contributed by atoms with van der Waals surface area (Å²) in [4.78, 5) is 12.4. The Morgan fingerprint density at radius 2 is 1.89 bits per heavy atom. The lowest BCUT2D eigenvalue weighted by Crippen LogP contribution is -2.16. The number of hydrogen-bond acceptors (Lipinski definition) is 5. The fourth-order valence-electron chi connectivity index (χ4n) is 3.87. The van der Waals surface area contributed by atoms with E-state index in [2.05, 4.69) is 44.7 Å².